The van der Waals surface area contributed by atoms with E-state index in [9.17, 15) is 4.79 Å². The van der Waals surface area contributed by atoms with Crippen LogP contribution in [0.25, 0.3) is 11.4 Å². The Hall–Kier alpha value is -3.69. The lowest BCUT2D eigenvalue weighted by Crippen LogP contribution is -2.29. The molecule has 10 heteroatoms. The molecule has 0 bridgehead atoms. The van der Waals surface area contributed by atoms with Crippen LogP contribution in [0.1, 0.15) is 5.56 Å². The van der Waals surface area contributed by atoms with Crippen LogP contribution in [0.4, 0.5) is 23.0 Å². The number of halogens is 1. The number of ether oxygens (including phenoxy) is 1. The molecule has 0 aliphatic rings. The molecule has 0 fully saturated rings. The van der Waals surface area contributed by atoms with E-state index in [0.29, 0.717) is 33.9 Å². The van der Waals surface area contributed by atoms with E-state index in [-0.39, 0.29) is 5.91 Å². The summed E-state index contributed by atoms with van der Waals surface area (Å²) in [7, 11) is 7.56. The molecule has 2 aromatic carbocycles. The number of hydrogen-bond acceptors (Lipinski definition) is 8. The Balaban J connectivity index is 1.98. The summed E-state index contributed by atoms with van der Waals surface area (Å²) in [5, 5.41) is 6.70. The van der Waals surface area contributed by atoms with E-state index in [2.05, 4.69) is 37.1 Å². The van der Waals surface area contributed by atoms with Gasteiger partial charge in [0.2, 0.25) is 11.9 Å². The van der Waals surface area contributed by atoms with E-state index in [1.807, 2.05) is 57.2 Å². The number of benzene rings is 2. The second-order valence-corrected chi connectivity index (χ2v) is 8.62. The van der Waals surface area contributed by atoms with E-state index in [4.69, 9.17) is 16.3 Å². The van der Waals surface area contributed by atoms with Gasteiger partial charge in [-0.25, -0.2) is 9.97 Å². The van der Waals surface area contributed by atoms with E-state index in [1.54, 1.807) is 13.2 Å². The maximum Gasteiger partial charge on any atom is 0.247 e. The van der Waals surface area contributed by atoms with Gasteiger partial charge in [-0.15, -0.1) is 0 Å². The smallest absolute Gasteiger partial charge is 0.247 e. The summed E-state index contributed by atoms with van der Waals surface area (Å²) in [5.41, 5.74) is 3.72. The molecule has 2 N–H and O–H groups in total. The maximum atomic E-state index is 12.1. The Morgan fingerprint density at radius 2 is 1.91 bits per heavy atom. The van der Waals surface area contributed by atoms with Crippen molar-refractivity contribution in [3.63, 3.8) is 0 Å². The topological polar surface area (TPSA) is 95.5 Å². The molecule has 0 radical (unpaired) electrons. The van der Waals surface area contributed by atoms with Gasteiger partial charge in [0.15, 0.2) is 5.82 Å². The molecule has 3 rings (SSSR count). The van der Waals surface area contributed by atoms with Gasteiger partial charge in [0.1, 0.15) is 12.1 Å². The molecule has 1 amide bonds. The van der Waals surface area contributed by atoms with Crippen molar-refractivity contribution in [3.8, 4) is 17.1 Å². The molecule has 0 aliphatic carbocycles. The number of aryl methyl sites for hydroxylation is 1. The lowest BCUT2D eigenvalue weighted by atomic mass is 10.1. The van der Waals surface area contributed by atoms with Crippen LogP contribution in [0.15, 0.2) is 49.3 Å². The second kappa shape index (κ2) is 11.6. The number of rotatable bonds is 10. The number of methoxy groups -OCH3 is 1. The molecule has 9 nitrogen and oxygen atoms in total. The van der Waals surface area contributed by atoms with Crippen molar-refractivity contribution in [2.75, 3.05) is 56.9 Å². The summed E-state index contributed by atoms with van der Waals surface area (Å²) >= 11 is 6.27. The van der Waals surface area contributed by atoms with Gasteiger partial charge in [-0.2, -0.15) is 4.98 Å². The molecular weight excluding hydrogens is 466 g/mol. The Morgan fingerprint density at radius 1 is 1.14 bits per heavy atom. The number of anilines is 4. The standard InChI is InChI=1S/C25H30ClN7O2/c1-7-23(34)29-19-13-20(22(35-6)14-21(19)33(5)11-10-32(3)4)30-25-28-15-27-24(31-25)17-9-8-16(2)18(26)12-17/h7-9,12-15H,1,10-11H2,2-6H3,(H,29,34)(H,27,28,30,31). The van der Waals surface area contributed by atoms with Crippen molar-refractivity contribution in [2.45, 2.75) is 6.92 Å². The number of nitrogens with zero attached hydrogens (tertiary/aromatic N) is 5. The summed E-state index contributed by atoms with van der Waals surface area (Å²) in [5.74, 6) is 1.04. The van der Waals surface area contributed by atoms with Crippen molar-refractivity contribution in [2.24, 2.45) is 0 Å². The lowest BCUT2D eigenvalue weighted by molar-refractivity contribution is -0.111. The first-order valence-corrected chi connectivity index (χ1v) is 11.3. The SMILES string of the molecule is C=CC(=O)Nc1cc(Nc2ncnc(-c3ccc(C)c(Cl)c3)n2)c(OC)cc1N(C)CCN(C)C. The number of nitrogens with one attached hydrogen (secondary N) is 2. The van der Waals surface area contributed by atoms with Crippen LogP contribution >= 0.6 is 11.6 Å². The molecule has 0 unspecified atom stereocenters. The summed E-state index contributed by atoms with van der Waals surface area (Å²) in [4.78, 5) is 29.3. The van der Waals surface area contributed by atoms with Crippen LogP contribution < -0.4 is 20.3 Å². The minimum atomic E-state index is -0.318. The quantitative estimate of drug-likeness (QED) is 0.400. The number of hydrogen-bond donors (Lipinski definition) is 2. The molecule has 1 heterocycles. The Labute approximate surface area is 210 Å². The average molecular weight is 496 g/mol. The largest absolute Gasteiger partial charge is 0.494 e. The zero-order chi connectivity index (χ0) is 25.5. The van der Waals surface area contributed by atoms with Crippen molar-refractivity contribution in [3.05, 3.63) is 59.9 Å². The van der Waals surface area contributed by atoms with Gasteiger partial charge in [-0.1, -0.05) is 30.3 Å². The first-order valence-electron chi connectivity index (χ1n) is 11.0. The highest BCUT2D eigenvalue weighted by Gasteiger charge is 2.17. The lowest BCUT2D eigenvalue weighted by Gasteiger charge is -2.26. The van der Waals surface area contributed by atoms with Gasteiger partial charge in [-0.3, -0.25) is 4.79 Å². The molecule has 0 atom stereocenters. The normalized spacial score (nSPS) is 10.7. The molecule has 35 heavy (non-hydrogen) atoms. The molecule has 1 aromatic heterocycles. The minimum Gasteiger partial charge on any atom is -0.494 e. The van der Waals surface area contributed by atoms with E-state index >= 15 is 0 Å². The maximum absolute atomic E-state index is 12.1. The van der Waals surface area contributed by atoms with Crippen LogP contribution in [0, 0.1) is 6.92 Å². The predicted molar refractivity (Wildman–Crippen MR) is 142 cm³/mol. The Bertz CT molecular complexity index is 1220. The van der Waals surface area contributed by atoms with Crippen molar-refractivity contribution < 1.29 is 9.53 Å². The van der Waals surface area contributed by atoms with Gasteiger partial charge in [0.05, 0.1) is 24.2 Å². The predicted octanol–water partition coefficient (Wildman–Crippen LogP) is 4.37. The van der Waals surface area contributed by atoms with Crippen molar-refractivity contribution >= 4 is 40.5 Å². The minimum absolute atomic E-state index is 0.318. The van der Waals surface area contributed by atoms with Crippen LogP contribution in [-0.4, -0.2) is 67.1 Å². The number of carbonyl (C=O) groups is 1. The Kier molecular flexibility index (Phi) is 8.62. The van der Waals surface area contributed by atoms with Crippen molar-refractivity contribution in [1.29, 1.82) is 0 Å². The third kappa shape index (κ3) is 6.68. The third-order valence-corrected chi connectivity index (χ3v) is 5.71. The summed E-state index contributed by atoms with van der Waals surface area (Å²) in [6.45, 7) is 7.07. The fourth-order valence-electron chi connectivity index (χ4n) is 3.25. The zero-order valence-corrected chi connectivity index (χ0v) is 21.3. The molecule has 0 saturated carbocycles. The monoisotopic (exact) mass is 495 g/mol. The number of carbonyl (C=O) groups excluding carboxylic acids is 1. The molecule has 184 valence electrons. The molecular formula is C25H30ClN7O2. The van der Waals surface area contributed by atoms with Crippen molar-refractivity contribution in [1.82, 2.24) is 19.9 Å². The zero-order valence-electron chi connectivity index (χ0n) is 20.6. The number of likely N-dealkylation sites (N-methyl/N-ethyl adjacent to an activating group) is 2. The second-order valence-electron chi connectivity index (χ2n) is 8.21. The highest BCUT2D eigenvalue weighted by Crippen LogP contribution is 2.38. The Morgan fingerprint density at radius 3 is 2.57 bits per heavy atom. The van der Waals surface area contributed by atoms with Gasteiger partial charge in [-0.05, 0) is 44.8 Å². The van der Waals surface area contributed by atoms with Crippen LogP contribution in [0.5, 0.6) is 5.75 Å². The van der Waals surface area contributed by atoms with Crippen LogP contribution in [0.2, 0.25) is 5.02 Å². The molecule has 3 aromatic rings. The number of amides is 1. The van der Waals surface area contributed by atoms with Crippen LogP contribution in [-0.2, 0) is 4.79 Å². The molecule has 0 aliphatic heterocycles. The summed E-state index contributed by atoms with van der Waals surface area (Å²) < 4.78 is 5.64. The summed E-state index contributed by atoms with van der Waals surface area (Å²) in [6.07, 6.45) is 2.65. The highest BCUT2D eigenvalue weighted by molar-refractivity contribution is 6.31. The molecule has 0 spiro atoms. The van der Waals surface area contributed by atoms with E-state index in [1.165, 1.54) is 12.4 Å². The van der Waals surface area contributed by atoms with Crippen LogP contribution in [0.3, 0.4) is 0 Å². The highest BCUT2D eigenvalue weighted by atomic mass is 35.5. The average Bonchev–Trinajstić information content (AvgIpc) is 2.84. The number of aromatic nitrogens is 3. The van der Waals surface area contributed by atoms with Gasteiger partial charge < -0.3 is 25.2 Å². The van der Waals surface area contributed by atoms with Gasteiger partial charge in [0.25, 0.3) is 0 Å². The third-order valence-electron chi connectivity index (χ3n) is 5.30. The van der Waals surface area contributed by atoms with Gasteiger partial charge >= 0.3 is 0 Å². The van der Waals surface area contributed by atoms with E-state index < -0.39 is 0 Å². The summed E-state index contributed by atoms with van der Waals surface area (Å²) in [6, 6.07) is 9.28. The fraction of sp³-hybridized carbons (Fsp3) is 0.280. The first-order chi connectivity index (χ1) is 16.7. The first kappa shape index (κ1) is 25.9. The van der Waals surface area contributed by atoms with Gasteiger partial charge in [0, 0.05) is 36.8 Å². The fourth-order valence-corrected chi connectivity index (χ4v) is 3.43. The van der Waals surface area contributed by atoms with E-state index in [0.717, 1.165) is 29.9 Å². The molecule has 0 saturated heterocycles.